The van der Waals surface area contributed by atoms with Crippen molar-refractivity contribution in [2.75, 3.05) is 12.3 Å². The van der Waals surface area contributed by atoms with Crippen molar-refractivity contribution in [1.82, 2.24) is 4.90 Å². The molecular weight excluding hydrogens is 561 g/mol. The van der Waals surface area contributed by atoms with Gasteiger partial charge < -0.3 is 9.64 Å². The highest BCUT2D eigenvalue weighted by Gasteiger charge is 2.36. The maximum Gasteiger partial charge on any atom is 0.417 e. The van der Waals surface area contributed by atoms with Crippen molar-refractivity contribution in [1.29, 1.82) is 0 Å². The molecule has 0 bridgehead atoms. The third kappa shape index (κ3) is 7.54. The van der Waals surface area contributed by atoms with Crippen LogP contribution in [-0.4, -0.2) is 54.9 Å². The second-order valence-corrected chi connectivity index (χ2v) is 12.7. The molecule has 1 heterocycles. The molecule has 6 nitrogen and oxygen atoms in total. The summed E-state index contributed by atoms with van der Waals surface area (Å²) in [6, 6.07) is 6.99. The normalized spacial score (nSPS) is 16.7. The Kier molecular flexibility index (Phi) is 9.26. The van der Waals surface area contributed by atoms with E-state index >= 15 is 0 Å². The summed E-state index contributed by atoms with van der Waals surface area (Å²) in [7, 11) is -3.76. The number of thiocarbonyl (C=S) groups is 1. The second kappa shape index (κ2) is 11.7. The third-order valence-electron chi connectivity index (χ3n) is 5.89. The lowest BCUT2D eigenvalue weighted by Crippen LogP contribution is -2.40. The lowest BCUT2D eigenvalue weighted by Gasteiger charge is -2.28. The van der Waals surface area contributed by atoms with Gasteiger partial charge in [0.25, 0.3) is 0 Å². The topological polar surface area (TPSA) is 76.0 Å². The monoisotopic (exact) mass is 588 g/mol. The molecule has 0 N–H and O–H groups in total. The Balaban J connectivity index is 1.81. The minimum atomic E-state index is -4.73. The molecule has 0 spiro atoms. The molecule has 3 rings (SSSR count). The molecule has 1 aliphatic rings. The minimum Gasteiger partial charge on any atom is -0.444 e. The summed E-state index contributed by atoms with van der Waals surface area (Å²) in [5, 5.41) is 0.978. The van der Waals surface area contributed by atoms with Gasteiger partial charge in [0.15, 0.2) is 9.84 Å². The molecule has 0 saturated carbocycles. The molecule has 38 heavy (non-hydrogen) atoms. The van der Waals surface area contributed by atoms with Gasteiger partial charge in [-0.05, 0) is 69.9 Å². The van der Waals surface area contributed by atoms with Crippen molar-refractivity contribution in [2.24, 2.45) is 4.99 Å². The van der Waals surface area contributed by atoms with Crippen LogP contribution in [0.25, 0.3) is 11.1 Å². The van der Waals surface area contributed by atoms with Crippen LogP contribution in [0.2, 0.25) is 5.02 Å². The fourth-order valence-electron chi connectivity index (χ4n) is 4.24. The van der Waals surface area contributed by atoms with Crippen molar-refractivity contribution in [3.05, 3.63) is 47.0 Å². The zero-order valence-electron chi connectivity index (χ0n) is 21.1. The summed E-state index contributed by atoms with van der Waals surface area (Å²) in [5.41, 5.74) is -1.84. The van der Waals surface area contributed by atoms with Crippen LogP contribution in [0.3, 0.4) is 0 Å². The fourth-order valence-corrected chi connectivity index (χ4v) is 5.99. The molecule has 1 amide bonds. The highest BCUT2D eigenvalue weighted by Crippen LogP contribution is 2.43. The lowest BCUT2D eigenvalue weighted by molar-refractivity contribution is -0.137. The number of benzene rings is 2. The average Bonchev–Trinajstić information content (AvgIpc) is 3.29. The molecule has 0 aromatic heterocycles. The highest BCUT2D eigenvalue weighted by atomic mass is 35.5. The number of sulfone groups is 1. The smallest absolute Gasteiger partial charge is 0.417 e. The van der Waals surface area contributed by atoms with Crippen LogP contribution in [0.15, 0.2) is 46.3 Å². The Morgan fingerprint density at radius 2 is 1.87 bits per heavy atom. The number of carbonyl (C=O) groups is 1. The van der Waals surface area contributed by atoms with Crippen molar-refractivity contribution in [2.45, 2.75) is 62.7 Å². The Bertz CT molecular complexity index is 1320. The summed E-state index contributed by atoms with van der Waals surface area (Å²) in [6.45, 7) is 5.78. The van der Waals surface area contributed by atoms with Crippen LogP contribution >= 0.6 is 23.8 Å². The number of rotatable bonds is 7. The molecule has 2 aromatic rings. The standard InChI is InChI=1S/C26H28ClF3N2O4S2/c1-25(2,3)36-24(33)32-12-4-5-19(32)10-14-38(34,35)20-8-6-17(7-9-20)23-21(26(28,29)30)15-18(16-22(23)27)31-11-13-37/h6-9,11,13,15-16,19H,4-5,10,12,14H2,1-3H3. The summed E-state index contributed by atoms with van der Waals surface area (Å²) in [6.07, 6.45) is -2.39. The van der Waals surface area contributed by atoms with E-state index in [2.05, 4.69) is 17.2 Å². The predicted octanol–water partition coefficient (Wildman–Crippen LogP) is 7.29. The SMILES string of the molecule is CC(C)(C)OC(=O)N1CCCC1CCS(=O)(=O)c1ccc(-c2c(Cl)cc(N=CC=S)cc2C(F)(F)F)cc1. The van der Waals surface area contributed by atoms with Crippen molar-refractivity contribution >= 4 is 57.0 Å². The number of alkyl halides is 3. The van der Waals surface area contributed by atoms with Gasteiger partial charge in [0.1, 0.15) is 5.60 Å². The van der Waals surface area contributed by atoms with E-state index in [0.29, 0.717) is 13.0 Å². The molecular formula is C26H28ClF3N2O4S2. The minimum absolute atomic E-state index is 0.0151. The Morgan fingerprint density at radius 1 is 1.21 bits per heavy atom. The van der Waals surface area contributed by atoms with Gasteiger partial charge in [-0.2, -0.15) is 13.2 Å². The Morgan fingerprint density at radius 3 is 2.45 bits per heavy atom. The largest absolute Gasteiger partial charge is 0.444 e. The van der Waals surface area contributed by atoms with Crippen LogP contribution in [0.4, 0.5) is 23.7 Å². The molecule has 1 saturated heterocycles. The fraction of sp³-hybridized carbons (Fsp3) is 0.423. The van der Waals surface area contributed by atoms with Crippen molar-refractivity contribution < 1.29 is 31.1 Å². The van der Waals surface area contributed by atoms with E-state index in [1.54, 1.807) is 25.7 Å². The van der Waals surface area contributed by atoms with E-state index in [1.807, 2.05) is 0 Å². The van der Waals surface area contributed by atoms with E-state index in [-0.39, 0.29) is 44.9 Å². The van der Waals surface area contributed by atoms with E-state index in [4.69, 9.17) is 16.3 Å². The number of carbonyl (C=O) groups excluding carboxylic acids is 1. The lowest BCUT2D eigenvalue weighted by atomic mass is 9.98. The van der Waals surface area contributed by atoms with Crippen molar-refractivity contribution in [3.63, 3.8) is 0 Å². The van der Waals surface area contributed by atoms with E-state index in [1.165, 1.54) is 36.5 Å². The summed E-state index contributed by atoms with van der Waals surface area (Å²) in [4.78, 5) is 17.9. The summed E-state index contributed by atoms with van der Waals surface area (Å²) in [5.74, 6) is -0.225. The number of ether oxygens (including phenoxy) is 1. The van der Waals surface area contributed by atoms with Gasteiger partial charge in [-0.25, -0.2) is 13.2 Å². The van der Waals surface area contributed by atoms with Gasteiger partial charge in [-0.3, -0.25) is 4.99 Å². The highest BCUT2D eigenvalue weighted by molar-refractivity contribution is 7.91. The van der Waals surface area contributed by atoms with Crippen LogP contribution in [0.1, 0.15) is 45.6 Å². The molecule has 2 aromatic carbocycles. The van der Waals surface area contributed by atoms with E-state index < -0.39 is 33.3 Å². The molecule has 206 valence electrons. The maximum absolute atomic E-state index is 13.8. The number of amides is 1. The second-order valence-electron chi connectivity index (χ2n) is 9.86. The van der Waals surface area contributed by atoms with Crippen LogP contribution in [-0.2, 0) is 20.8 Å². The van der Waals surface area contributed by atoms with Crippen LogP contribution in [0, 0.1) is 0 Å². The molecule has 1 fully saturated rings. The Hall–Kier alpha value is -2.50. The Labute approximate surface area is 230 Å². The zero-order valence-corrected chi connectivity index (χ0v) is 23.5. The van der Waals surface area contributed by atoms with Gasteiger partial charge >= 0.3 is 12.3 Å². The molecule has 1 atom stereocenters. The molecule has 1 aliphatic heterocycles. The van der Waals surface area contributed by atoms with Crippen molar-refractivity contribution in [3.8, 4) is 11.1 Å². The first-order valence-electron chi connectivity index (χ1n) is 11.8. The van der Waals surface area contributed by atoms with E-state index in [9.17, 15) is 26.4 Å². The number of likely N-dealkylation sites (tertiary alicyclic amines) is 1. The first kappa shape index (κ1) is 30.0. The maximum atomic E-state index is 13.8. The average molecular weight is 589 g/mol. The van der Waals surface area contributed by atoms with Gasteiger partial charge in [-0.1, -0.05) is 36.0 Å². The number of nitrogens with zero attached hydrogens (tertiary/aromatic N) is 2. The van der Waals surface area contributed by atoms with Gasteiger partial charge in [-0.15, -0.1) is 0 Å². The van der Waals surface area contributed by atoms with Gasteiger partial charge in [0.05, 0.1) is 26.9 Å². The predicted molar refractivity (Wildman–Crippen MR) is 146 cm³/mol. The van der Waals surface area contributed by atoms with Crippen LogP contribution < -0.4 is 0 Å². The molecule has 12 heteroatoms. The number of aliphatic imine (C=N–C) groups is 1. The number of hydrogen-bond donors (Lipinski definition) is 0. The summed E-state index contributed by atoms with van der Waals surface area (Å²) < 4.78 is 73.0. The quantitative estimate of drug-likeness (QED) is 0.251. The molecule has 0 aliphatic carbocycles. The summed E-state index contributed by atoms with van der Waals surface area (Å²) >= 11 is 10.8. The third-order valence-corrected chi connectivity index (χ3v) is 8.08. The first-order chi connectivity index (χ1) is 17.6. The van der Waals surface area contributed by atoms with Crippen LogP contribution in [0.5, 0.6) is 0 Å². The first-order valence-corrected chi connectivity index (χ1v) is 14.3. The number of halogens is 4. The van der Waals surface area contributed by atoms with Gasteiger partial charge in [0, 0.05) is 29.7 Å². The zero-order chi connectivity index (χ0) is 28.3. The number of hydrogen-bond acceptors (Lipinski definition) is 6. The van der Waals surface area contributed by atoms with E-state index in [0.717, 1.165) is 17.9 Å². The molecule has 0 radical (unpaired) electrons. The molecule has 1 unspecified atom stereocenters. The van der Waals surface area contributed by atoms with Gasteiger partial charge in [0.2, 0.25) is 0 Å².